The smallest absolute Gasteiger partial charge is 0.233 e. The van der Waals surface area contributed by atoms with Gasteiger partial charge in [-0.15, -0.1) is 10.2 Å². The van der Waals surface area contributed by atoms with Crippen LogP contribution in [0, 0.1) is 0 Å². The number of nitrogens with one attached hydrogen (secondary N) is 1. The summed E-state index contributed by atoms with van der Waals surface area (Å²) in [6, 6.07) is 7.41. The first kappa shape index (κ1) is 12.6. The summed E-state index contributed by atoms with van der Waals surface area (Å²) in [7, 11) is 1.57. The zero-order valence-electron chi connectivity index (χ0n) is 10.6. The van der Waals surface area contributed by atoms with Crippen molar-refractivity contribution < 1.29 is 9.15 Å². The zero-order valence-corrected chi connectivity index (χ0v) is 10.6. The Balaban J connectivity index is 2.21. The van der Waals surface area contributed by atoms with Crippen molar-refractivity contribution in [2.45, 2.75) is 19.4 Å². The van der Waals surface area contributed by atoms with Gasteiger partial charge in [-0.05, 0) is 31.2 Å². The molecular weight excluding hydrogens is 230 g/mol. The summed E-state index contributed by atoms with van der Waals surface area (Å²) in [6.45, 7) is 3.00. The van der Waals surface area contributed by atoms with Crippen LogP contribution in [-0.2, 0) is 0 Å². The molecule has 2 rings (SSSR count). The van der Waals surface area contributed by atoms with Crippen LogP contribution in [0.5, 0.6) is 5.88 Å². The second-order valence-electron chi connectivity index (χ2n) is 3.90. The standard InChI is InChI=1S/C13H17N3O2/c1-3-8-14-13(11-5-4-9-18-11)10-6-7-12(17-2)16-15-10/h4-7,9,13-14H,3,8H2,1-2H3. The second kappa shape index (κ2) is 6.16. The van der Waals surface area contributed by atoms with Crippen LogP contribution in [0.3, 0.4) is 0 Å². The lowest BCUT2D eigenvalue weighted by Gasteiger charge is -2.15. The van der Waals surface area contributed by atoms with E-state index in [4.69, 9.17) is 9.15 Å². The predicted octanol–water partition coefficient (Wildman–Crippen LogP) is 2.17. The molecule has 0 bridgehead atoms. The van der Waals surface area contributed by atoms with Gasteiger partial charge < -0.3 is 14.5 Å². The summed E-state index contributed by atoms with van der Waals surface area (Å²) >= 11 is 0. The minimum atomic E-state index is -0.0710. The van der Waals surface area contributed by atoms with E-state index in [0.29, 0.717) is 5.88 Å². The number of hydrogen-bond donors (Lipinski definition) is 1. The van der Waals surface area contributed by atoms with Crippen molar-refractivity contribution in [3.05, 3.63) is 42.0 Å². The molecule has 0 aliphatic rings. The first-order valence-electron chi connectivity index (χ1n) is 5.99. The predicted molar refractivity (Wildman–Crippen MR) is 67.4 cm³/mol. The van der Waals surface area contributed by atoms with Crippen molar-refractivity contribution in [3.8, 4) is 5.88 Å². The highest BCUT2D eigenvalue weighted by Gasteiger charge is 2.17. The molecule has 1 atom stereocenters. The number of rotatable bonds is 6. The fourth-order valence-corrected chi connectivity index (χ4v) is 1.69. The van der Waals surface area contributed by atoms with Gasteiger partial charge in [-0.2, -0.15) is 0 Å². The Bertz CT molecular complexity index is 454. The van der Waals surface area contributed by atoms with Crippen molar-refractivity contribution in [2.24, 2.45) is 0 Å². The van der Waals surface area contributed by atoms with Crippen molar-refractivity contribution >= 4 is 0 Å². The van der Waals surface area contributed by atoms with Crippen LogP contribution in [0.2, 0.25) is 0 Å². The van der Waals surface area contributed by atoms with Crippen molar-refractivity contribution in [1.29, 1.82) is 0 Å². The Morgan fingerprint density at radius 2 is 2.22 bits per heavy atom. The van der Waals surface area contributed by atoms with Gasteiger partial charge in [-0.1, -0.05) is 6.92 Å². The molecule has 1 unspecified atom stereocenters. The first-order chi connectivity index (χ1) is 8.85. The summed E-state index contributed by atoms with van der Waals surface area (Å²) in [4.78, 5) is 0. The third-order valence-electron chi connectivity index (χ3n) is 2.59. The highest BCUT2D eigenvalue weighted by molar-refractivity contribution is 5.21. The molecule has 0 aliphatic heterocycles. The van der Waals surface area contributed by atoms with Gasteiger partial charge in [0.25, 0.3) is 0 Å². The molecule has 0 amide bonds. The quantitative estimate of drug-likeness (QED) is 0.847. The minimum absolute atomic E-state index is 0.0710. The molecule has 2 aromatic heterocycles. The maximum atomic E-state index is 5.44. The molecule has 5 heteroatoms. The SMILES string of the molecule is CCCNC(c1ccc(OC)nn1)c1ccco1. The molecule has 0 fully saturated rings. The normalized spacial score (nSPS) is 12.3. The largest absolute Gasteiger partial charge is 0.480 e. The molecule has 0 aliphatic carbocycles. The van der Waals surface area contributed by atoms with Gasteiger partial charge in [-0.25, -0.2) is 0 Å². The van der Waals surface area contributed by atoms with Crippen molar-refractivity contribution in [3.63, 3.8) is 0 Å². The van der Waals surface area contributed by atoms with Gasteiger partial charge in [0, 0.05) is 6.07 Å². The molecule has 0 saturated carbocycles. The zero-order chi connectivity index (χ0) is 12.8. The van der Waals surface area contributed by atoms with E-state index >= 15 is 0 Å². The van der Waals surface area contributed by atoms with E-state index in [1.54, 1.807) is 19.4 Å². The molecular formula is C13H17N3O2. The molecule has 0 aromatic carbocycles. The monoisotopic (exact) mass is 247 g/mol. The van der Waals surface area contributed by atoms with Crippen LogP contribution in [0.1, 0.15) is 30.8 Å². The molecule has 0 spiro atoms. The molecule has 0 saturated heterocycles. The molecule has 96 valence electrons. The summed E-state index contributed by atoms with van der Waals surface area (Å²) in [5.74, 6) is 1.34. The second-order valence-corrected chi connectivity index (χ2v) is 3.90. The molecule has 0 radical (unpaired) electrons. The fourth-order valence-electron chi connectivity index (χ4n) is 1.69. The highest BCUT2D eigenvalue weighted by Crippen LogP contribution is 2.21. The van der Waals surface area contributed by atoms with Crippen LogP contribution in [-0.4, -0.2) is 23.9 Å². The Kier molecular flexibility index (Phi) is 4.30. The first-order valence-corrected chi connectivity index (χ1v) is 5.99. The summed E-state index contributed by atoms with van der Waals surface area (Å²) in [5, 5.41) is 11.5. The number of ether oxygens (including phenoxy) is 1. The lowest BCUT2D eigenvalue weighted by atomic mass is 10.1. The van der Waals surface area contributed by atoms with Crippen LogP contribution >= 0.6 is 0 Å². The van der Waals surface area contributed by atoms with E-state index in [-0.39, 0.29) is 6.04 Å². The average Bonchev–Trinajstić information content (AvgIpc) is 2.94. The number of nitrogens with zero attached hydrogens (tertiary/aromatic N) is 2. The van der Waals surface area contributed by atoms with E-state index in [1.807, 2.05) is 18.2 Å². The van der Waals surface area contributed by atoms with E-state index in [9.17, 15) is 0 Å². The summed E-state index contributed by atoms with van der Waals surface area (Å²) in [6.07, 6.45) is 2.70. The summed E-state index contributed by atoms with van der Waals surface area (Å²) in [5.41, 5.74) is 0.819. The molecule has 18 heavy (non-hydrogen) atoms. The van der Waals surface area contributed by atoms with Crippen LogP contribution in [0.25, 0.3) is 0 Å². The van der Waals surface area contributed by atoms with Crippen molar-refractivity contribution in [1.82, 2.24) is 15.5 Å². The van der Waals surface area contributed by atoms with Gasteiger partial charge in [0.05, 0.1) is 19.1 Å². The topological polar surface area (TPSA) is 60.2 Å². The van der Waals surface area contributed by atoms with Crippen LogP contribution < -0.4 is 10.1 Å². The van der Waals surface area contributed by atoms with Gasteiger partial charge in [0.15, 0.2) is 0 Å². The van der Waals surface area contributed by atoms with Crippen LogP contribution in [0.4, 0.5) is 0 Å². The Morgan fingerprint density at radius 3 is 2.78 bits per heavy atom. The third kappa shape index (κ3) is 2.87. The third-order valence-corrected chi connectivity index (χ3v) is 2.59. The van der Waals surface area contributed by atoms with Gasteiger partial charge in [-0.3, -0.25) is 0 Å². The molecule has 2 heterocycles. The lowest BCUT2D eigenvalue weighted by Crippen LogP contribution is -2.24. The molecule has 1 N–H and O–H groups in total. The van der Waals surface area contributed by atoms with Gasteiger partial charge in [0.2, 0.25) is 5.88 Å². The maximum absolute atomic E-state index is 5.44. The van der Waals surface area contributed by atoms with Gasteiger partial charge in [0.1, 0.15) is 11.8 Å². The molecule has 2 aromatic rings. The fraction of sp³-hybridized carbons (Fsp3) is 0.385. The Morgan fingerprint density at radius 1 is 1.33 bits per heavy atom. The maximum Gasteiger partial charge on any atom is 0.233 e. The number of aromatic nitrogens is 2. The minimum Gasteiger partial charge on any atom is -0.480 e. The Labute approximate surface area is 106 Å². The number of methoxy groups -OCH3 is 1. The van der Waals surface area contributed by atoms with E-state index in [1.165, 1.54) is 0 Å². The summed E-state index contributed by atoms with van der Waals surface area (Å²) < 4.78 is 10.4. The van der Waals surface area contributed by atoms with Gasteiger partial charge >= 0.3 is 0 Å². The molecule has 5 nitrogen and oxygen atoms in total. The van der Waals surface area contributed by atoms with E-state index in [0.717, 1.165) is 24.4 Å². The van der Waals surface area contributed by atoms with Crippen molar-refractivity contribution in [2.75, 3.05) is 13.7 Å². The lowest BCUT2D eigenvalue weighted by molar-refractivity contribution is 0.387. The Hall–Kier alpha value is -1.88. The number of furan rings is 1. The van der Waals surface area contributed by atoms with E-state index < -0.39 is 0 Å². The highest BCUT2D eigenvalue weighted by atomic mass is 16.5. The number of hydrogen-bond acceptors (Lipinski definition) is 5. The van der Waals surface area contributed by atoms with Crippen LogP contribution in [0.15, 0.2) is 34.9 Å². The van der Waals surface area contributed by atoms with E-state index in [2.05, 4.69) is 22.4 Å². The average molecular weight is 247 g/mol.